The minimum absolute atomic E-state index is 0.178. The number of benzene rings is 1. The van der Waals surface area contributed by atoms with E-state index in [0.29, 0.717) is 19.6 Å². The van der Waals surface area contributed by atoms with E-state index in [-0.39, 0.29) is 11.8 Å². The Hall–Kier alpha value is -2.16. The molecule has 8 heteroatoms. The molecule has 1 aliphatic rings. The number of thioether (sulfide) groups is 1. The molecule has 1 fully saturated rings. The maximum absolute atomic E-state index is 13.0. The van der Waals surface area contributed by atoms with Crippen LogP contribution in [0.3, 0.4) is 0 Å². The number of aromatic nitrogens is 2. The fraction of sp³-hybridized carbons (Fsp3) is 0.577. The lowest BCUT2D eigenvalue weighted by molar-refractivity contribution is -0.132. The van der Waals surface area contributed by atoms with Gasteiger partial charge in [-0.2, -0.15) is 0 Å². The summed E-state index contributed by atoms with van der Waals surface area (Å²) in [7, 11) is 3.38. The van der Waals surface area contributed by atoms with Crippen LogP contribution in [0, 0.1) is 0 Å². The fourth-order valence-electron chi connectivity index (χ4n) is 4.37. The molecule has 0 N–H and O–H groups in total. The average molecular weight is 487 g/mol. The van der Waals surface area contributed by atoms with E-state index in [4.69, 9.17) is 14.5 Å². The largest absolute Gasteiger partial charge is 0.497 e. The van der Waals surface area contributed by atoms with Crippen LogP contribution >= 0.6 is 11.8 Å². The number of likely N-dealkylation sites (tertiary alicyclic amines) is 1. The van der Waals surface area contributed by atoms with E-state index in [0.717, 1.165) is 72.5 Å². The van der Waals surface area contributed by atoms with Crippen molar-refractivity contribution in [3.63, 3.8) is 0 Å². The molecule has 186 valence electrons. The van der Waals surface area contributed by atoms with Gasteiger partial charge in [0.15, 0.2) is 5.16 Å². The monoisotopic (exact) mass is 486 g/mol. The summed E-state index contributed by atoms with van der Waals surface area (Å²) in [4.78, 5) is 27.0. The number of piperidine rings is 1. The molecule has 0 radical (unpaired) electrons. The highest BCUT2D eigenvalue weighted by molar-refractivity contribution is 7.99. The zero-order valence-electron chi connectivity index (χ0n) is 21.0. The van der Waals surface area contributed by atoms with E-state index in [1.165, 1.54) is 0 Å². The number of carbonyl (C=O) groups is 1. The van der Waals surface area contributed by atoms with Gasteiger partial charge in [-0.1, -0.05) is 37.7 Å². The van der Waals surface area contributed by atoms with Gasteiger partial charge >= 0.3 is 0 Å². The molecule has 3 rings (SSSR count). The van der Waals surface area contributed by atoms with E-state index in [2.05, 4.69) is 29.8 Å². The summed E-state index contributed by atoms with van der Waals surface area (Å²) in [5.41, 5.74) is 3.06. The van der Waals surface area contributed by atoms with E-state index >= 15 is 0 Å². The summed E-state index contributed by atoms with van der Waals surface area (Å²) in [6.07, 6.45) is 4.48. The molecule has 1 unspecified atom stereocenters. The molecule has 1 aromatic heterocycles. The van der Waals surface area contributed by atoms with Gasteiger partial charge in [-0.15, -0.1) is 0 Å². The molecular weight excluding hydrogens is 448 g/mol. The van der Waals surface area contributed by atoms with Gasteiger partial charge in [0.25, 0.3) is 0 Å². The Morgan fingerprint density at radius 3 is 2.82 bits per heavy atom. The van der Waals surface area contributed by atoms with Crippen LogP contribution in [0.15, 0.2) is 35.6 Å². The van der Waals surface area contributed by atoms with Crippen molar-refractivity contribution in [2.45, 2.75) is 44.2 Å². The third-order valence-corrected chi connectivity index (χ3v) is 7.22. The van der Waals surface area contributed by atoms with Crippen molar-refractivity contribution < 1.29 is 14.3 Å². The smallest absolute Gasteiger partial charge is 0.223 e. The first-order valence-corrected chi connectivity index (χ1v) is 13.2. The molecule has 7 nitrogen and oxygen atoms in total. The number of methoxy groups -OCH3 is 2. The lowest BCUT2D eigenvalue weighted by Gasteiger charge is -2.34. The van der Waals surface area contributed by atoms with Crippen LogP contribution in [0.1, 0.15) is 44.7 Å². The summed E-state index contributed by atoms with van der Waals surface area (Å²) in [5.74, 6) is 2.02. The molecule has 1 amide bonds. The number of hydrogen-bond acceptors (Lipinski definition) is 7. The number of nitrogens with zero attached hydrogens (tertiary/aromatic N) is 4. The Morgan fingerprint density at radius 2 is 2.09 bits per heavy atom. The van der Waals surface area contributed by atoms with Crippen LogP contribution in [0.25, 0.3) is 11.1 Å². The van der Waals surface area contributed by atoms with Crippen molar-refractivity contribution >= 4 is 17.7 Å². The summed E-state index contributed by atoms with van der Waals surface area (Å²) < 4.78 is 10.6. The summed E-state index contributed by atoms with van der Waals surface area (Å²) in [6.45, 7) is 9.22. The van der Waals surface area contributed by atoms with Gasteiger partial charge in [-0.3, -0.25) is 4.79 Å². The van der Waals surface area contributed by atoms with Crippen LogP contribution in [-0.2, 0) is 9.53 Å². The Kier molecular flexibility index (Phi) is 10.6. The van der Waals surface area contributed by atoms with E-state index in [1.54, 1.807) is 26.0 Å². The van der Waals surface area contributed by atoms with Crippen molar-refractivity contribution in [3.8, 4) is 16.9 Å². The fourth-order valence-corrected chi connectivity index (χ4v) is 5.09. The standard InChI is InChI=1S/C26H38N4O3S/c1-5-29(6-2)14-12-24(31)30-13-8-10-21(19-30)25-23(20-9-7-11-22(17-20)33-4)18-27-26(28-25)34-16-15-32-3/h7,9,11,17-18,21H,5-6,8,10,12-16,19H2,1-4H3. The number of rotatable bonds is 12. The van der Waals surface area contributed by atoms with Gasteiger partial charge in [0.2, 0.25) is 5.91 Å². The first kappa shape index (κ1) is 26.4. The molecule has 2 aromatic rings. The molecule has 1 aliphatic heterocycles. The molecule has 0 aliphatic carbocycles. The van der Waals surface area contributed by atoms with Crippen molar-refractivity contribution in [2.75, 3.05) is 59.3 Å². The minimum atomic E-state index is 0.178. The number of hydrogen-bond donors (Lipinski definition) is 0. The summed E-state index contributed by atoms with van der Waals surface area (Å²) in [6, 6.07) is 8.02. The van der Waals surface area contributed by atoms with E-state index in [9.17, 15) is 4.79 Å². The van der Waals surface area contributed by atoms with Gasteiger partial charge < -0.3 is 19.3 Å². The highest BCUT2D eigenvalue weighted by atomic mass is 32.2. The van der Waals surface area contributed by atoms with Crippen LogP contribution < -0.4 is 4.74 Å². The number of amides is 1. The van der Waals surface area contributed by atoms with E-state index in [1.807, 2.05) is 29.3 Å². The summed E-state index contributed by atoms with van der Waals surface area (Å²) in [5, 5.41) is 0.753. The lowest BCUT2D eigenvalue weighted by atomic mass is 9.89. The van der Waals surface area contributed by atoms with Gasteiger partial charge in [0.1, 0.15) is 5.75 Å². The first-order chi connectivity index (χ1) is 16.6. The molecule has 1 saturated heterocycles. The first-order valence-electron chi connectivity index (χ1n) is 12.2. The van der Waals surface area contributed by atoms with Crippen LogP contribution in [0.5, 0.6) is 5.75 Å². The van der Waals surface area contributed by atoms with Crippen LogP contribution in [0.4, 0.5) is 0 Å². The molecule has 34 heavy (non-hydrogen) atoms. The van der Waals surface area contributed by atoms with Crippen LogP contribution in [0.2, 0.25) is 0 Å². The van der Waals surface area contributed by atoms with Crippen molar-refractivity contribution in [1.82, 2.24) is 19.8 Å². The maximum Gasteiger partial charge on any atom is 0.223 e. The third kappa shape index (κ3) is 7.17. The zero-order chi connectivity index (χ0) is 24.3. The van der Waals surface area contributed by atoms with Gasteiger partial charge in [0, 0.05) is 56.6 Å². The highest BCUT2D eigenvalue weighted by Crippen LogP contribution is 2.35. The molecule has 0 saturated carbocycles. The Morgan fingerprint density at radius 1 is 1.26 bits per heavy atom. The molecule has 1 aromatic carbocycles. The molecule has 0 spiro atoms. The Labute approximate surface area is 208 Å². The second-order valence-electron chi connectivity index (χ2n) is 8.48. The minimum Gasteiger partial charge on any atom is -0.497 e. The van der Waals surface area contributed by atoms with Gasteiger partial charge in [-0.05, 0) is 43.6 Å². The van der Waals surface area contributed by atoms with Crippen LogP contribution in [-0.4, -0.2) is 85.0 Å². The van der Waals surface area contributed by atoms with Crippen molar-refractivity contribution in [1.29, 1.82) is 0 Å². The number of carbonyl (C=O) groups excluding carboxylic acids is 1. The van der Waals surface area contributed by atoms with Gasteiger partial charge in [-0.25, -0.2) is 9.97 Å². The van der Waals surface area contributed by atoms with Crippen molar-refractivity contribution in [3.05, 3.63) is 36.2 Å². The third-order valence-electron chi connectivity index (χ3n) is 6.39. The normalized spacial score (nSPS) is 16.1. The average Bonchev–Trinajstić information content (AvgIpc) is 2.89. The zero-order valence-corrected chi connectivity index (χ0v) is 21.8. The van der Waals surface area contributed by atoms with Crippen molar-refractivity contribution in [2.24, 2.45) is 0 Å². The lowest BCUT2D eigenvalue weighted by Crippen LogP contribution is -2.41. The maximum atomic E-state index is 13.0. The highest BCUT2D eigenvalue weighted by Gasteiger charge is 2.28. The predicted molar refractivity (Wildman–Crippen MR) is 138 cm³/mol. The molecule has 1 atom stereocenters. The van der Waals surface area contributed by atoms with Gasteiger partial charge in [0.05, 0.1) is 19.4 Å². The molecular formula is C26H38N4O3S. The molecule has 2 heterocycles. The SMILES string of the molecule is CCN(CC)CCC(=O)N1CCCC(c2nc(SCCOC)ncc2-c2cccc(OC)c2)C1. The summed E-state index contributed by atoms with van der Waals surface area (Å²) >= 11 is 1.60. The van der Waals surface area contributed by atoms with E-state index < -0.39 is 0 Å². The second kappa shape index (κ2) is 13.7. The molecule has 0 bridgehead atoms. The Balaban J connectivity index is 1.84. The number of ether oxygens (including phenoxy) is 2. The topological polar surface area (TPSA) is 67.8 Å². The Bertz CT molecular complexity index is 923. The second-order valence-corrected chi connectivity index (χ2v) is 9.54. The predicted octanol–water partition coefficient (Wildman–Crippen LogP) is 4.33. The quantitative estimate of drug-likeness (QED) is 0.251.